The van der Waals surface area contributed by atoms with Crippen LogP contribution in [-0.4, -0.2) is 23.3 Å². The molecule has 1 heterocycles. The fourth-order valence-electron chi connectivity index (χ4n) is 2.49. The van der Waals surface area contributed by atoms with Crippen molar-refractivity contribution in [1.82, 2.24) is 4.90 Å². The first-order chi connectivity index (χ1) is 11.9. The van der Waals surface area contributed by atoms with Gasteiger partial charge in [0.2, 0.25) is 0 Å². The average molecular weight is 413 g/mol. The summed E-state index contributed by atoms with van der Waals surface area (Å²) in [6, 6.07) is 11.9. The number of amides is 2. The van der Waals surface area contributed by atoms with Gasteiger partial charge in [-0.1, -0.05) is 52.6 Å². The number of hydrogen-bond donors (Lipinski definition) is 0. The number of imide groups is 1. The smallest absolute Gasteiger partial charge is 0.268 e. The monoisotopic (exact) mass is 411 g/mol. The summed E-state index contributed by atoms with van der Waals surface area (Å²) in [5.74, 6) is -0.679. The Balaban J connectivity index is 2.12. The molecule has 0 atom stereocenters. The zero-order valence-electron chi connectivity index (χ0n) is 13.1. The molecule has 0 saturated carbocycles. The molecule has 2 amide bonds. The molecule has 2 aromatic carbocycles. The van der Waals surface area contributed by atoms with Gasteiger partial charge in [-0.2, -0.15) is 0 Å². The molecule has 1 aliphatic rings. The van der Waals surface area contributed by atoms with Gasteiger partial charge in [0.15, 0.2) is 0 Å². The fraction of sp³-hybridized carbons (Fsp3) is 0.111. The van der Waals surface area contributed by atoms with Gasteiger partial charge < -0.3 is 0 Å². The van der Waals surface area contributed by atoms with Gasteiger partial charge in [-0.25, -0.2) is 0 Å². The molecule has 0 saturated heterocycles. The highest BCUT2D eigenvalue weighted by atomic mass is 35.5. The molecule has 3 nitrogen and oxygen atoms in total. The van der Waals surface area contributed by atoms with E-state index in [0.29, 0.717) is 31.1 Å². The number of carbonyl (C=O) groups excluding carboxylic acids is 2. The summed E-state index contributed by atoms with van der Waals surface area (Å²) in [6.45, 7) is 2.05. The summed E-state index contributed by atoms with van der Waals surface area (Å²) < 4.78 is 0. The fourth-order valence-corrected chi connectivity index (χ4v) is 4.12. The lowest BCUT2D eigenvalue weighted by molar-refractivity contribution is -0.136. The predicted molar refractivity (Wildman–Crippen MR) is 103 cm³/mol. The first-order valence-corrected chi connectivity index (χ1v) is 9.36. The van der Waals surface area contributed by atoms with Crippen LogP contribution >= 0.6 is 46.6 Å². The highest BCUT2D eigenvalue weighted by Crippen LogP contribution is 2.42. The van der Waals surface area contributed by atoms with Gasteiger partial charge in [0.1, 0.15) is 0 Å². The average Bonchev–Trinajstić information content (AvgIpc) is 2.80. The Hall–Kier alpha value is -1.46. The highest BCUT2D eigenvalue weighted by molar-refractivity contribution is 8.04. The number of halogens is 3. The molecular weight excluding hydrogens is 401 g/mol. The Morgan fingerprint density at radius 1 is 0.920 bits per heavy atom. The van der Waals surface area contributed by atoms with Gasteiger partial charge in [0.05, 0.1) is 15.5 Å². The molecule has 2 aromatic rings. The zero-order valence-corrected chi connectivity index (χ0v) is 16.1. The van der Waals surface area contributed by atoms with E-state index >= 15 is 0 Å². The number of rotatable bonds is 4. The first-order valence-electron chi connectivity index (χ1n) is 7.41. The topological polar surface area (TPSA) is 37.4 Å². The number of hydrogen-bond acceptors (Lipinski definition) is 3. The Bertz CT molecular complexity index is 894. The highest BCUT2D eigenvalue weighted by Gasteiger charge is 2.39. The molecule has 0 N–H and O–H groups in total. The minimum absolute atomic E-state index is 0.289. The van der Waals surface area contributed by atoms with Gasteiger partial charge in [0, 0.05) is 27.0 Å². The van der Waals surface area contributed by atoms with E-state index < -0.39 is 0 Å². The van der Waals surface area contributed by atoms with Crippen LogP contribution in [0.1, 0.15) is 12.5 Å². The van der Waals surface area contributed by atoms with Gasteiger partial charge in [-0.15, -0.1) is 0 Å². The second kappa shape index (κ2) is 7.42. The van der Waals surface area contributed by atoms with Crippen molar-refractivity contribution in [2.24, 2.45) is 0 Å². The van der Waals surface area contributed by atoms with E-state index in [1.54, 1.807) is 49.4 Å². The third kappa shape index (κ3) is 3.58. The lowest BCUT2D eigenvalue weighted by atomic mass is 10.1. The third-order valence-electron chi connectivity index (χ3n) is 3.68. The Morgan fingerprint density at radius 2 is 1.56 bits per heavy atom. The summed E-state index contributed by atoms with van der Waals surface area (Å²) in [7, 11) is 0. The van der Waals surface area contributed by atoms with E-state index in [1.807, 2.05) is 0 Å². The zero-order chi connectivity index (χ0) is 18.1. The van der Waals surface area contributed by atoms with E-state index in [9.17, 15) is 9.59 Å². The van der Waals surface area contributed by atoms with Crippen LogP contribution in [-0.2, 0) is 9.59 Å². The van der Waals surface area contributed by atoms with Crippen molar-refractivity contribution >= 4 is 64.0 Å². The van der Waals surface area contributed by atoms with E-state index in [0.717, 1.165) is 4.90 Å². The van der Waals surface area contributed by atoms with Gasteiger partial charge in [-0.05, 0) is 43.3 Å². The lowest BCUT2D eigenvalue weighted by Crippen LogP contribution is -2.31. The van der Waals surface area contributed by atoms with Crippen LogP contribution < -0.4 is 0 Å². The Morgan fingerprint density at radius 3 is 2.16 bits per heavy atom. The minimum Gasteiger partial charge on any atom is -0.274 e. The SMILES string of the molecule is CCN1C(=O)C(Sc2ccc(Cl)cc2)=C(c2ccc(Cl)cc2Cl)C1=O. The lowest BCUT2D eigenvalue weighted by Gasteiger charge is -2.11. The van der Waals surface area contributed by atoms with Crippen molar-refractivity contribution in [3.63, 3.8) is 0 Å². The van der Waals surface area contributed by atoms with Gasteiger partial charge in [-0.3, -0.25) is 14.5 Å². The number of nitrogens with zero attached hydrogens (tertiary/aromatic N) is 1. The molecule has 0 bridgehead atoms. The maximum absolute atomic E-state index is 12.8. The summed E-state index contributed by atoms with van der Waals surface area (Å²) >= 11 is 19.3. The molecular formula is C18H12Cl3NO2S. The summed E-state index contributed by atoms with van der Waals surface area (Å²) in [5.41, 5.74) is 0.797. The third-order valence-corrected chi connectivity index (χ3v) is 5.57. The first kappa shape index (κ1) is 18.3. The number of benzene rings is 2. The van der Waals surface area contributed by atoms with Crippen molar-refractivity contribution in [3.05, 3.63) is 68.0 Å². The second-order valence-electron chi connectivity index (χ2n) is 5.24. The maximum atomic E-state index is 12.8. The molecule has 0 fully saturated rings. The molecule has 0 aromatic heterocycles. The second-order valence-corrected chi connectivity index (χ2v) is 7.60. The molecule has 3 rings (SSSR count). The Labute approximate surface area is 164 Å². The molecule has 128 valence electrons. The number of thioether (sulfide) groups is 1. The van der Waals surface area contributed by atoms with Crippen LogP contribution in [0.4, 0.5) is 0 Å². The van der Waals surface area contributed by atoms with Crippen LogP contribution in [0.5, 0.6) is 0 Å². The molecule has 0 aliphatic carbocycles. The molecule has 25 heavy (non-hydrogen) atoms. The van der Waals surface area contributed by atoms with E-state index in [2.05, 4.69) is 0 Å². The quantitative estimate of drug-likeness (QED) is 0.619. The molecule has 0 spiro atoms. The summed E-state index contributed by atoms with van der Waals surface area (Å²) in [5, 5.41) is 1.39. The van der Waals surface area contributed by atoms with E-state index in [4.69, 9.17) is 34.8 Å². The molecule has 0 unspecified atom stereocenters. The Kier molecular flexibility index (Phi) is 5.44. The minimum atomic E-state index is -0.354. The normalized spacial score (nSPS) is 14.6. The predicted octanol–water partition coefficient (Wildman–Crippen LogP) is 5.54. The van der Waals surface area contributed by atoms with Crippen LogP contribution in [0, 0.1) is 0 Å². The molecule has 1 aliphatic heterocycles. The van der Waals surface area contributed by atoms with Crippen molar-refractivity contribution in [2.75, 3.05) is 6.54 Å². The largest absolute Gasteiger partial charge is 0.274 e. The van der Waals surface area contributed by atoms with Crippen molar-refractivity contribution in [3.8, 4) is 0 Å². The number of likely N-dealkylation sites (N-methyl/N-ethyl adjacent to an activating group) is 1. The molecule has 7 heteroatoms. The van der Waals surface area contributed by atoms with E-state index in [-0.39, 0.29) is 18.4 Å². The van der Waals surface area contributed by atoms with Crippen LogP contribution in [0.25, 0.3) is 5.57 Å². The van der Waals surface area contributed by atoms with Gasteiger partial charge in [0.25, 0.3) is 11.8 Å². The van der Waals surface area contributed by atoms with Crippen LogP contribution in [0.15, 0.2) is 52.3 Å². The maximum Gasteiger partial charge on any atom is 0.268 e. The number of carbonyl (C=O) groups is 2. The standard InChI is InChI=1S/C18H12Cl3NO2S/c1-2-22-17(23)15(13-8-5-11(20)9-14(13)21)16(18(22)24)25-12-6-3-10(19)4-7-12/h3-9H,2H2,1H3. The van der Waals surface area contributed by atoms with Crippen molar-refractivity contribution < 1.29 is 9.59 Å². The summed E-state index contributed by atoms with van der Waals surface area (Å²) in [4.78, 5) is 27.8. The van der Waals surface area contributed by atoms with Crippen LogP contribution in [0.2, 0.25) is 15.1 Å². The van der Waals surface area contributed by atoms with Crippen LogP contribution in [0.3, 0.4) is 0 Å². The molecule has 0 radical (unpaired) electrons. The van der Waals surface area contributed by atoms with Gasteiger partial charge >= 0.3 is 0 Å². The van der Waals surface area contributed by atoms with Crippen molar-refractivity contribution in [2.45, 2.75) is 11.8 Å². The van der Waals surface area contributed by atoms with E-state index in [1.165, 1.54) is 16.7 Å². The van der Waals surface area contributed by atoms with Crippen molar-refractivity contribution in [1.29, 1.82) is 0 Å². The summed E-state index contributed by atoms with van der Waals surface area (Å²) in [6.07, 6.45) is 0.